The Morgan fingerprint density at radius 2 is 1.88 bits per heavy atom. The summed E-state index contributed by atoms with van der Waals surface area (Å²) in [5, 5.41) is 0.634. The molecule has 0 unspecified atom stereocenters. The molecule has 2 aromatic heterocycles. The summed E-state index contributed by atoms with van der Waals surface area (Å²) in [5.41, 5.74) is 9.21. The topological polar surface area (TPSA) is 91.5 Å². The standard InChI is InChI=1S/C19H16N2O4S/c1-8-14(9(2)22)15(11-4-5-12-13(6-11)25-7-24-12)16-17(20)18(10(3)23)26-19(16)21-8/h4-6H,7,20H2,1-3H3. The minimum absolute atomic E-state index is 0.112. The number of carbonyl (C=O) groups excluding carboxylic acids is 2. The van der Waals surface area contributed by atoms with Gasteiger partial charge in [0, 0.05) is 23.4 Å². The maximum atomic E-state index is 12.4. The Morgan fingerprint density at radius 1 is 1.15 bits per heavy atom. The number of ether oxygens (including phenoxy) is 2. The lowest BCUT2D eigenvalue weighted by molar-refractivity contribution is 0.101. The van der Waals surface area contributed by atoms with E-state index in [-0.39, 0.29) is 18.4 Å². The Labute approximate surface area is 153 Å². The van der Waals surface area contributed by atoms with E-state index in [1.807, 2.05) is 12.1 Å². The predicted molar refractivity (Wildman–Crippen MR) is 100 cm³/mol. The lowest BCUT2D eigenvalue weighted by atomic mass is 9.93. The summed E-state index contributed by atoms with van der Waals surface area (Å²) in [6.07, 6.45) is 0. The number of aryl methyl sites for hydroxylation is 1. The molecule has 0 spiro atoms. The smallest absolute Gasteiger partial charge is 0.231 e. The summed E-state index contributed by atoms with van der Waals surface area (Å²) in [7, 11) is 0. The maximum absolute atomic E-state index is 12.4. The number of carbonyl (C=O) groups is 2. The fourth-order valence-electron chi connectivity index (χ4n) is 3.30. The van der Waals surface area contributed by atoms with Crippen LogP contribution in [0.4, 0.5) is 5.69 Å². The number of aromatic nitrogens is 1. The van der Waals surface area contributed by atoms with Crippen LogP contribution in [0, 0.1) is 6.92 Å². The average Bonchev–Trinajstić information content (AvgIpc) is 3.17. The molecule has 2 N–H and O–H groups in total. The van der Waals surface area contributed by atoms with Crippen LogP contribution < -0.4 is 15.2 Å². The molecule has 1 aliphatic heterocycles. The van der Waals surface area contributed by atoms with Crippen LogP contribution in [-0.4, -0.2) is 23.3 Å². The monoisotopic (exact) mass is 368 g/mol. The fourth-order valence-corrected chi connectivity index (χ4v) is 4.34. The van der Waals surface area contributed by atoms with Gasteiger partial charge in [0.15, 0.2) is 23.1 Å². The molecule has 4 rings (SSSR count). The van der Waals surface area contributed by atoms with Crippen LogP contribution in [0.1, 0.15) is 39.6 Å². The summed E-state index contributed by atoms with van der Waals surface area (Å²) in [5.74, 6) is 1.03. The second-order valence-electron chi connectivity index (χ2n) is 6.15. The van der Waals surface area contributed by atoms with E-state index in [9.17, 15) is 9.59 Å². The number of Topliss-reactive ketones (excluding diaryl/α,β-unsaturated/α-hetero) is 2. The largest absolute Gasteiger partial charge is 0.454 e. The van der Waals surface area contributed by atoms with Gasteiger partial charge in [-0.2, -0.15) is 0 Å². The first-order valence-corrected chi connectivity index (χ1v) is 8.84. The van der Waals surface area contributed by atoms with Gasteiger partial charge in [0.25, 0.3) is 0 Å². The zero-order chi connectivity index (χ0) is 18.6. The van der Waals surface area contributed by atoms with Crippen molar-refractivity contribution in [2.75, 3.05) is 12.5 Å². The molecule has 0 radical (unpaired) electrons. The molecule has 0 saturated heterocycles. The Morgan fingerprint density at radius 3 is 2.58 bits per heavy atom. The molecule has 3 aromatic rings. The quantitative estimate of drug-likeness (QED) is 0.703. The highest BCUT2D eigenvalue weighted by Gasteiger charge is 2.25. The SMILES string of the molecule is CC(=O)c1sc2nc(C)c(C(C)=O)c(-c3ccc4c(c3)OCO4)c2c1N. The molecule has 0 atom stereocenters. The van der Waals surface area contributed by atoms with Gasteiger partial charge in [-0.05, 0) is 31.5 Å². The van der Waals surface area contributed by atoms with Crippen LogP contribution in [0.25, 0.3) is 21.3 Å². The second-order valence-corrected chi connectivity index (χ2v) is 7.15. The third-order valence-corrected chi connectivity index (χ3v) is 5.59. The van der Waals surface area contributed by atoms with E-state index < -0.39 is 0 Å². The summed E-state index contributed by atoms with van der Waals surface area (Å²) in [6.45, 7) is 4.93. The van der Waals surface area contributed by atoms with Gasteiger partial charge < -0.3 is 15.2 Å². The van der Waals surface area contributed by atoms with E-state index in [0.717, 1.165) is 5.56 Å². The molecule has 0 saturated carbocycles. The fraction of sp³-hybridized carbons (Fsp3) is 0.211. The summed E-state index contributed by atoms with van der Waals surface area (Å²) in [4.78, 5) is 30.0. The van der Waals surface area contributed by atoms with Crippen LogP contribution >= 0.6 is 11.3 Å². The zero-order valence-corrected chi connectivity index (χ0v) is 15.3. The van der Waals surface area contributed by atoms with Crippen LogP contribution in [-0.2, 0) is 0 Å². The Bertz CT molecular complexity index is 1100. The van der Waals surface area contributed by atoms with E-state index >= 15 is 0 Å². The van der Waals surface area contributed by atoms with E-state index in [1.165, 1.54) is 25.2 Å². The Hall–Kier alpha value is -2.93. The number of ketones is 2. The van der Waals surface area contributed by atoms with Gasteiger partial charge in [0.05, 0.1) is 16.3 Å². The van der Waals surface area contributed by atoms with Crippen LogP contribution in [0.3, 0.4) is 0 Å². The first kappa shape index (κ1) is 16.5. The molecule has 132 valence electrons. The number of nitrogen functional groups attached to an aromatic ring is 1. The predicted octanol–water partition coefficient (Wildman–Crippen LogP) is 3.99. The van der Waals surface area contributed by atoms with Crippen molar-refractivity contribution in [3.63, 3.8) is 0 Å². The second kappa shape index (κ2) is 5.81. The highest BCUT2D eigenvalue weighted by molar-refractivity contribution is 7.21. The number of fused-ring (bicyclic) bond motifs is 2. The number of benzene rings is 1. The number of anilines is 1. The van der Waals surface area contributed by atoms with Crippen molar-refractivity contribution in [1.29, 1.82) is 0 Å². The average molecular weight is 368 g/mol. The van der Waals surface area contributed by atoms with Crippen molar-refractivity contribution >= 4 is 38.8 Å². The molecule has 0 amide bonds. The number of hydrogen-bond acceptors (Lipinski definition) is 7. The van der Waals surface area contributed by atoms with Gasteiger partial charge >= 0.3 is 0 Å². The van der Waals surface area contributed by atoms with Crippen molar-refractivity contribution in [1.82, 2.24) is 4.98 Å². The van der Waals surface area contributed by atoms with Gasteiger partial charge in [-0.15, -0.1) is 11.3 Å². The number of nitrogens with two attached hydrogens (primary N) is 1. The van der Waals surface area contributed by atoms with Gasteiger partial charge in [-0.25, -0.2) is 4.98 Å². The maximum Gasteiger partial charge on any atom is 0.231 e. The van der Waals surface area contributed by atoms with Crippen molar-refractivity contribution in [3.05, 3.63) is 34.3 Å². The first-order valence-electron chi connectivity index (χ1n) is 8.03. The van der Waals surface area contributed by atoms with Crippen molar-refractivity contribution in [3.8, 4) is 22.6 Å². The van der Waals surface area contributed by atoms with Crippen LogP contribution in [0.15, 0.2) is 18.2 Å². The molecular weight excluding hydrogens is 352 g/mol. The number of hydrogen-bond donors (Lipinski definition) is 1. The molecule has 0 bridgehead atoms. The molecule has 0 fully saturated rings. The highest BCUT2D eigenvalue weighted by atomic mass is 32.1. The molecule has 6 nitrogen and oxygen atoms in total. The van der Waals surface area contributed by atoms with Gasteiger partial charge in [-0.1, -0.05) is 6.07 Å². The van der Waals surface area contributed by atoms with Crippen LogP contribution in [0.5, 0.6) is 11.5 Å². The highest BCUT2D eigenvalue weighted by Crippen LogP contribution is 2.44. The van der Waals surface area contributed by atoms with E-state index in [0.29, 0.717) is 49.1 Å². The van der Waals surface area contributed by atoms with Crippen molar-refractivity contribution < 1.29 is 19.1 Å². The van der Waals surface area contributed by atoms with Gasteiger partial charge in [0.1, 0.15) is 4.83 Å². The molecule has 3 heterocycles. The number of nitrogens with zero attached hydrogens (tertiary/aromatic N) is 1. The molecule has 0 aliphatic carbocycles. The lowest BCUT2D eigenvalue weighted by Gasteiger charge is -2.13. The third-order valence-electron chi connectivity index (χ3n) is 4.39. The molecule has 26 heavy (non-hydrogen) atoms. The summed E-state index contributed by atoms with van der Waals surface area (Å²) < 4.78 is 10.8. The first-order chi connectivity index (χ1) is 12.4. The van der Waals surface area contributed by atoms with E-state index in [2.05, 4.69) is 4.98 Å². The molecule has 7 heteroatoms. The van der Waals surface area contributed by atoms with Gasteiger partial charge in [0.2, 0.25) is 6.79 Å². The number of rotatable bonds is 3. The zero-order valence-electron chi connectivity index (χ0n) is 14.5. The minimum Gasteiger partial charge on any atom is -0.454 e. The minimum atomic E-state index is -0.121. The molecular formula is C19H16N2O4S. The molecule has 1 aromatic carbocycles. The Kier molecular flexibility index (Phi) is 3.69. The normalized spacial score (nSPS) is 12.6. The summed E-state index contributed by atoms with van der Waals surface area (Å²) in [6, 6.07) is 5.49. The van der Waals surface area contributed by atoms with Crippen molar-refractivity contribution in [2.45, 2.75) is 20.8 Å². The number of thiophene rings is 1. The van der Waals surface area contributed by atoms with E-state index in [1.54, 1.807) is 13.0 Å². The van der Waals surface area contributed by atoms with Crippen molar-refractivity contribution in [2.24, 2.45) is 0 Å². The third kappa shape index (κ3) is 2.35. The van der Waals surface area contributed by atoms with Crippen LogP contribution in [0.2, 0.25) is 0 Å². The molecule has 1 aliphatic rings. The summed E-state index contributed by atoms with van der Waals surface area (Å²) >= 11 is 1.25. The number of pyridine rings is 1. The Balaban J connectivity index is 2.12. The van der Waals surface area contributed by atoms with E-state index in [4.69, 9.17) is 15.2 Å². The van der Waals surface area contributed by atoms with Gasteiger partial charge in [-0.3, -0.25) is 9.59 Å². The lowest BCUT2D eigenvalue weighted by Crippen LogP contribution is -2.04.